The summed E-state index contributed by atoms with van der Waals surface area (Å²) >= 11 is 5.97. The van der Waals surface area contributed by atoms with Crippen molar-refractivity contribution in [3.05, 3.63) is 53.4 Å². The van der Waals surface area contributed by atoms with E-state index in [1.54, 1.807) is 51.2 Å². The fraction of sp³-hybridized carbons (Fsp3) is 0.400. The Bertz CT molecular complexity index is 1290. The Labute approximate surface area is 214 Å². The molecule has 0 radical (unpaired) electrons. The topological polar surface area (TPSA) is 136 Å². The van der Waals surface area contributed by atoms with Gasteiger partial charge in [-0.15, -0.1) is 0 Å². The number of H-pyrrole nitrogens is 1. The Balaban J connectivity index is 1.57. The van der Waals surface area contributed by atoms with E-state index in [4.69, 9.17) is 16.3 Å². The lowest BCUT2D eigenvalue weighted by molar-refractivity contribution is -0.129. The highest BCUT2D eigenvalue weighted by molar-refractivity contribution is 6.30. The van der Waals surface area contributed by atoms with Crippen LogP contribution in [0.25, 0.3) is 11.0 Å². The van der Waals surface area contributed by atoms with Crippen molar-refractivity contribution in [2.45, 2.75) is 50.8 Å². The molecule has 0 saturated carbocycles. The number of hydrogen-bond donors (Lipinski definition) is 3. The fourth-order valence-corrected chi connectivity index (χ4v) is 4.36. The van der Waals surface area contributed by atoms with Crippen LogP contribution in [-0.4, -0.2) is 51.2 Å². The van der Waals surface area contributed by atoms with E-state index >= 15 is 0 Å². The lowest BCUT2D eigenvalue weighted by Gasteiger charge is -2.42. The highest BCUT2D eigenvalue weighted by Crippen LogP contribution is 2.30. The van der Waals surface area contributed by atoms with E-state index in [0.717, 1.165) is 16.9 Å². The average Bonchev–Trinajstić information content (AvgIpc) is 3.31. The van der Waals surface area contributed by atoms with Crippen molar-refractivity contribution in [1.82, 2.24) is 25.6 Å². The van der Waals surface area contributed by atoms with Gasteiger partial charge in [-0.3, -0.25) is 4.79 Å². The smallest absolute Gasteiger partial charge is 0.408 e. The van der Waals surface area contributed by atoms with Crippen molar-refractivity contribution in [2.75, 3.05) is 18.0 Å². The summed E-state index contributed by atoms with van der Waals surface area (Å²) in [7, 11) is 0. The van der Waals surface area contributed by atoms with Gasteiger partial charge in [-0.25, -0.2) is 14.8 Å². The minimum absolute atomic E-state index is 0.284. The number of fused-ring (bicyclic) bond motifs is 1. The molecular weight excluding hydrogens is 482 g/mol. The van der Waals surface area contributed by atoms with E-state index in [2.05, 4.69) is 36.6 Å². The van der Waals surface area contributed by atoms with Crippen LogP contribution in [0.4, 0.5) is 10.6 Å². The number of nitrogens with zero attached hydrogens (tertiary/aromatic N) is 4. The van der Waals surface area contributed by atoms with Crippen molar-refractivity contribution in [2.24, 2.45) is 0 Å². The number of benzene rings is 1. The predicted octanol–water partition coefficient (Wildman–Crippen LogP) is 3.86. The molecule has 1 aliphatic rings. The number of aromatic amines is 1. The van der Waals surface area contributed by atoms with Gasteiger partial charge in [0.15, 0.2) is 0 Å². The number of amides is 2. The van der Waals surface area contributed by atoms with E-state index in [0.29, 0.717) is 23.7 Å². The van der Waals surface area contributed by atoms with Gasteiger partial charge < -0.3 is 25.3 Å². The maximum atomic E-state index is 13.6. The van der Waals surface area contributed by atoms with Gasteiger partial charge in [0.1, 0.15) is 35.0 Å². The van der Waals surface area contributed by atoms with E-state index in [9.17, 15) is 14.9 Å². The summed E-state index contributed by atoms with van der Waals surface area (Å²) in [5.41, 5.74) is -0.691. The molecule has 1 aliphatic heterocycles. The third-order valence-corrected chi connectivity index (χ3v) is 6.28. The van der Waals surface area contributed by atoms with Gasteiger partial charge in [-0.05, 0) is 57.4 Å². The Morgan fingerprint density at radius 1 is 1.19 bits per heavy atom. The molecule has 1 atom stereocenters. The van der Waals surface area contributed by atoms with Gasteiger partial charge in [0.2, 0.25) is 5.91 Å². The number of ether oxygens (including phenoxy) is 1. The zero-order valence-electron chi connectivity index (χ0n) is 20.3. The third kappa shape index (κ3) is 5.52. The minimum Gasteiger partial charge on any atom is -0.444 e. The number of anilines is 1. The van der Waals surface area contributed by atoms with Gasteiger partial charge >= 0.3 is 6.09 Å². The molecule has 1 saturated heterocycles. The van der Waals surface area contributed by atoms with Gasteiger partial charge in [0, 0.05) is 24.3 Å². The highest BCUT2D eigenvalue weighted by Gasteiger charge is 2.45. The molecule has 1 aromatic carbocycles. The number of piperidine rings is 1. The molecule has 3 N–H and O–H groups in total. The Kier molecular flexibility index (Phi) is 7.04. The van der Waals surface area contributed by atoms with Crippen LogP contribution in [0.5, 0.6) is 0 Å². The van der Waals surface area contributed by atoms with Crippen molar-refractivity contribution in [3.63, 3.8) is 0 Å². The van der Waals surface area contributed by atoms with Crippen molar-refractivity contribution >= 4 is 40.5 Å². The fourth-order valence-electron chi connectivity index (χ4n) is 4.23. The van der Waals surface area contributed by atoms with Crippen LogP contribution in [-0.2, 0) is 9.53 Å². The van der Waals surface area contributed by atoms with Crippen LogP contribution in [0, 0.1) is 11.3 Å². The van der Waals surface area contributed by atoms with Crippen LogP contribution in [0.3, 0.4) is 0 Å². The van der Waals surface area contributed by atoms with Crippen LogP contribution in [0.2, 0.25) is 5.02 Å². The van der Waals surface area contributed by atoms with Crippen LogP contribution >= 0.6 is 11.6 Å². The summed E-state index contributed by atoms with van der Waals surface area (Å²) in [6, 6.07) is 9.80. The molecule has 2 aromatic heterocycles. The van der Waals surface area contributed by atoms with Crippen molar-refractivity contribution in [3.8, 4) is 6.07 Å². The molecule has 10 nitrogen and oxygen atoms in total. The summed E-state index contributed by atoms with van der Waals surface area (Å²) in [4.78, 5) is 40.2. The summed E-state index contributed by atoms with van der Waals surface area (Å²) in [6.45, 7) is 6.15. The first-order chi connectivity index (χ1) is 17.1. The molecule has 2 amide bonds. The molecule has 4 rings (SSSR count). The molecule has 0 spiro atoms. The SMILES string of the molecule is CC(C)(C)OC(=O)NC1(C(=O)NC(C#N)c2ccc(Cl)cc2)CCN(c2ncnc3[nH]ccc23)CC1. The molecule has 11 heteroatoms. The molecule has 36 heavy (non-hydrogen) atoms. The molecular formula is C25H28ClN7O3. The van der Waals surface area contributed by atoms with Crippen LogP contribution in [0.15, 0.2) is 42.9 Å². The Hall–Kier alpha value is -3.84. The summed E-state index contributed by atoms with van der Waals surface area (Å²) < 4.78 is 5.46. The number of hydrogen-bond acceptors (Lipinski definition) is 7. The number of halogens is 1. The normalized spacial score (nSPS) is 16.1. The number of carbonyl (C=O) groups is 2. The maximum Gasteiger partial charge on any atom is 0.408 e. The molecule has 0 aliphatic carbocycles. The van der Waals surface area contributed by atoms with E-state index in [1.165, 1.54) is 6.33 Å². The zero-order chi connectivity index (χ0) is 25.9. The van der Waals surface area contributed by atoms with E-state index < -0.39 is 29.2 Å². The number of alkyl carbamates (subject to hydrolysis) is 1. The van der Waals surface area contributed by atoms with E-state index in [1.807, 2.05) is 6.07 Å². The summed E-state index contributed by atoms with van der Waals surface area (Å²) in [5, 5.41) is 16.8. The van der Waals surface area contributed by atoms with Crippen molar-refractivity contribution < 1.29 is 14.3 Å². The minimum atomic E-state index is -1.27. The summed E-state index contributed by atoms with van der Waals surface area (Å²) in [6.07, 6.45) is 3.17. The van der Waals surface area contributed by atoms with E-state index in [-0.39, 0.29) is 12.8 Å². The van der Waals surface area contributed by atoms with Crippen molar-refractivity contribution in [1.29, 1.82) is 5.26 Å². The van der Waals surface area contributed by atoms with Gasteiger partial charge in [0.25, 0.3) is 0 Å². The number of nitriles is 1. The number of rotatable bonds is 5. The quantitative estimate of drug-likeness (QED) is 0.475. The first-order valence-corrected chi connectivity index (χ1v) is 12.0. The predicted molar refractivity (Wildman–Crippen MR) is 135 cm³/mol. The molecule has 188 valence electrons. The van der Waals surface area contributed by atoms with Crippen LogP contribution < -0.4 is 15.5 Å². The molecule has 1 unspecified atom stereocenters. The number of carbonyl (C=O) groups excluding carboxylic acids is 2. The number of nitrogens with one attached hydrogen (secondary N) is 3. The largest absolute Gasteiger partial charge is 0.444 e. The first-order valence-electron chi connectivity index (χ1n) is 11.6. The Morgan fingerprint density at radius 3 is 2.53 bits per heavy atom. The van der Waals surface area contributed by atoms with Crippen LogP contribution in [0.1, 0.15) is 45.2 Å². The molecule has 0 bridgehead atoms. The second-order valence-electron chi connectivity index (χ2n) is 9.72. The monoisotopic (exact) mass is 509 g/mol. The molecule has 3 aromatic rings. The lowest BCUT2D eigenvalue weighted by Crippen LogP contribution is -2.64. The summed E-state index contributed by atoms with van der Waals surface area (Å²) in [5.74, 6) is 0.299. The second-order valence-corrected chi connectivity index (χ2v) is 10.2. The Morgan fingerprint density at radius 2 is 1.89 bits per heavy atom. The van der Waals surface area contributed by atoms with Gasteiger partial charge in [-0.2, -0.15) is 5.26 Å². The zero-order valence-corrected chi connectivity index (χ0v) is 21.1. The molecule has 3 heterocycles. The van der Waals surface area contributed by atoms with Gasteiger partial charge in [-0.1, -0.05) is 23.7 Å². The molecule has 1 fully saturated rings. The average molecular weight is 510 g/mol. The highest BCUT2D eigenvalue weighted by atomic mass is 35.5. The number of aromatic nitrogens is 3. The standard InChI is InChI=1S/C25H28ClN7O3/c1-24(2,3)36-23(35)32-25(22(34)31-19(14-27)16-4-6-17(26)7-5-16)9-12-33(13-10-25)21-18-8-11-28-20(18)29-15-30-21/h4-8,11,15,19H,9-10,12-13H2,1-3H3,(H,31,34)(H,32,35)(H,28,29,30). The third-order valence-electron chi connectivity index (χ3n) is 6.03. The lowest BCUT2D eigenvalue weighted by atomic mass is 9.86. The second kappa shape index (κ2) is 10.0. The van der Waals surface area contributed by atoms with Gasteiger partial charge in [0.05, 0.1) is 11.5 Å². The maximum absolute atomic E-state index is 13.6. The first kappa shape index (κ1) is 25.3.